The third-order valence-electron chi connectivity index (χ3n) is 5.00. The molecule has 1 aromatic heterocycles. The number of phosphoric acid groups is 2. The maximum Gasteiger partial charge on any atom is 0.483 e. The van der Waals surface area contributed by atoms with Gasteiger partial charge in [-0.15, -0.1) is 0 Å². The van der Waals surface area contributed by atoms with Crippen molar-refractivity contribution < 1.29 is 57.1 Å². The van der Waals surface area contributed by atoms with Gasteiger partial charge in [-0.05, 0) is 13.3 Å². The van der Waals surface area contributed by atoms with Crippen LogP contribution in [0.25, 0.3) is 0 Å². The van der Waals surface area contributed by atoms with Crippen LogP contribution in [0.1, 0.15) is 19.6 Å². The van der Waals surface area contributed by atoms with E-state index >= 15 is 0 Å². The minimum atomic E-state index is -5.34. The molecule has 0 amide bonds. The van der Waals surface area contributed by atoms with E-state index in [1.807, 2.05) is 4.98 Å². The molecule has 19 heteroatoms. The highest BCUT2D eigenvalue weighted by Gasteiger charge is 2.47. The summed E-state index contributed by atoms with van der Waals surface area (Å²) in [6.45, 7) is 0.617. The molecule has 10 atom stereocenters. The van der Waals surface area contributed by atoms with Gasteiger partial charge in [-0.1, -0.05) is 0 Å². The summed E-state index contributed by atoms with van der Waals surface area (Å²) in [5.41, 5.74) is 3.99. The molecule has 0 saturated carbocycles. The van der Waals surface area contributed by atoms with Gasteiger partial charge in [-0.3, -0.25) is 23.4 Å². The van der Waals surface area contributed by atoms with E-state index in [1.165, 1.54) is 0 Å². The van der Waals surface area contributed by atoms with Crippen LogP contribution in [0.15, 0.2) is 21.9 Å². The van der Waals surface area contributed by atoms with E-state index in [0.717, 1.165) is 16.8 Å². The summed E-state index contributed by atoms with van der Waals surface area (Å²) in [6.07, 6.45) is -9.03. The largest absolute Gasteiger partial charge is 0.483 e. The highest BCUT2D eigenvalue weighted by molar-refractivity contribution is 7.61. The van der Waals surface area contributed by atoms with Crippen LogP contribution in [0.5, 0.6) is 0 Å². The van der Waals surface area contributed by atoms with E-state index in [1.54, 1.807) is 6.92 Å². The minimum Gasteiger partial charge on any atom is -0.387 e. The average Bonchev–Trinajstić information content (AvgIpc) is 2.97. The number of H-pyrrole nitrogens is 1. The van der Waals surface area contributed by atoms with Gasteiger partial charge in [0.15, 0.2) is 12.5 Å². The zero-order valence-corrected chi connectivity index (χ0v) is 19.3. The number of nitrogens with one attached hydrogen (secondary N) is 1. The van der Waals surface area contributed by atoms with Crippen molar-refractivity contribution in [1.29, 1.82) is 0 Å². The molecule has 1 aromatic rings. The summed E-state index contributed by atoms with van der Waals surface area (Å²) in [7, 11) is -10.7. The first-order chi connectivity index (χ1) is 15.7. The van der Waals surface area contributed by atoms with E-state index in [4.69, 9.17) is 15.2 Å². The van der Waals surface area contributed by atoms with Crippen molar-refractivity contribution in [2.24, 2.45) is 5.73 Å². The van der Waals surface area contributed by atoms with Crippen LogP contribution >= 0.6 is 15.6 Å². The zero-order chi connectivity index (χ0) is 25.4. The molecule has 194 valence electrons. The fourth-order valence-corrected chi connectivity index (χ4v) is 5.53. The normalized spacial score (nSPS) is 37.7. The Labute approximate surface area is 190 Å². The second-order valence-corrected chi connectivity index (χ2v) is 10.7. The molecule has 3 heterocycles. The fraction of sp³-hybridized carbons (Fsp3) is 0.733. The lowest BCUT2D eigenvalue weighted by atomic mass is 10.0. The lowest BCUT2D eigenvalue weighted by Gasteiger charge is -2.36. The number of phosphoric ester groups is 2. The Bertz CT molecular complexity index is 1080. The van der Waals surface area contributed by atoms with Gasteiger partial charge in [0.25, 0.3) is 5.56 Å². The Morgan fingerprint density at radius 2 is 1.82 bits per heavy atom. The lowest BCUT2D eigenvalue weighted by molar-refractivity contribution is -0.208. The van der Waals surface area contributed by atoms with Crippen LogP contribution in [0.4, 0.5) is 0 Å². The number of nitrogens with two attached hydrogens (primary N) is 1. The van der Waals surface area contributed by atoms with Gasteiger partial charge in [-0.2, -0.15) is 4.31 Å². The topological polar surface area (TPSA) is 262 Å². The molecule has 0 radical (unpaired) electrons. The molecule has 2 saturated heterocycles. The minimum absolute atomic E-state index is 0.223. The lowest BCUT2D eigenvalue weighted by Crippen LogP contribution is -2.52. The van der Waals surface area contributed by atoms with Gasteiger partial charge >= 0.3 is 21.3 Å². The number of nitrogens with zero attached hydrogens (tertiary/aromatic N) is 1. The molecule has 2 aliphatic rings. The number of aromatic nitrogens is 2. The number of aliphatic hydroxyl groups excluding tert-OH is 3. The Hall–Kier alpha value is -1.30. The van der Waals surface area contributed by atoms with E-state index in [0.29, 0.717) is 0 Å². The Kier molecular flexibility index (Phi) is 8.32. The van der Waals surface area contributed by atoms with Gasteiger partial charge in [0.05, 0.1) is 12.7 Å². The predicted molar refractivity (Wildman–Crippen MR) is 108 cm³/mol. The number of aliphatic hydroxyl groups is 3. The first-order valence-corrected chi connectivity index (χ1v) is 12.8. The summed E-state index contributed by atoms with van der Waals surface area (Å²) >= 11 is 0. The third kappa shape index (κ3) is 6.47. The van der Waals surface area contributed by atoms with Crippen molar-refractivity contribution in [1.82, 2.24) is 9.55 Å². The summed E-state index contributed by atoms with van der Waals surface area (Å²) in [6, 6.07) is 0.101. The van der Waals surface area contributed by atoms with E-state index in [2.05, 4.69) is 13.4 Å². The van der Waals surface area contributed by atoms with Crippen LogP contribution in [0, 0.1) is 0 Å². The molecule has 17 nitrogen and oxygen atoms in total. The van der Waals surface area contributed by atoms with E-state index in [9.17, 15) is 43.8 Å². The van der Waals surface area contributed by atoms with Gasteiger partial charge < -0.3 is 40.3 Å². The predicted octanol–water partition coefficient (Wildman–Crippen LogP) is -2.77. The molecule has 34 heavy (non-hydrogen) atoms. The Morgan fingerprint density at radius 3 is 2.47 bits per heavy atom. The van der Waals surface area contributed by atoms with Crippen molar-refractivity contribution >= 4 is 15.6 Å². The summed E-state index contributed by atoms with van der Waals surface area (Å²) < 4.78 is 48.8. The Morgan fingerprint density at radius 1 is 1.15 bits per heavy atom. The maximum atomic E-state index is 12.2. The molecular formula is C15H25N3O14P2. The standard InChI is InChI=1S/C15H25N3O14P2/c1-6-4-7(16)10(20)14(29-6)31-34(26,27)32-33(24,25)28-5-8-11(21)12(22)13(30-8)18-3-2-9(19)17-15(18)23/h2-3,6-8,10-14,20-22H,4-5,16H2,1H3,(H,24,25)(H,26,27)(H,17,19,23)/t6?,7?,8-,10?,11?,12?,13-,14-/m1/s1. The van der Waals surface area contributed by atoms with Gasteiger partial charge in [0.2, 0.25) is 0 Å². The van der Waals surface area contributed by atoms with Gasteiger partial charge in [-0.25, -0.2) is 13.9 Å². The van der Waals surface area contributed by atoms with Crippen molar-refractivity contribution in [2.45, 2.75) is 62.4 Å². The average molecular weight is 533 g/mol. The Balaban J connectivity index is 1.60. The van der Waals surface area contributed by atoms with Crippen molar-refractivity contribution in [3.8, 4) is 0 Å². The van der Waals surface area contributed by atoms with Crippen LogP contribution in [0.3, 0.4) is 0 Å². The maximum absolute atomic E-state index is 12.2. The molecular weight excluding hydrogens is 508 g/mol. The van der Waals surface area contributed by atoms with E-state index in [-0.39, 0.29) is 6.42 Å². The second-order valence-electron chi connectivity index (χ2n) is 7.69. The van der Waals surface area contributed by atoms with Gasteiger partial charge in [0.1, 0.15) is 24.4 Å². The zero-order valence-electron chi connectivity index (χ0n) is 17.5. The highest BCUT2D eigenvalue weighted by atomic mass is 31.3. The molecule has 3 rings (SSSR count). The molecule has 2 fully saturated rings. The first-order valence-electron chi connectivity index (χ1n) is 9.81. The number of aromatic amines is 1. The number of hydrogen-bond donors (Lipinski definition) is 7. The van der Waals surface area contributed by atoms with Gasteiger partial charge in [0, 0.05) is 18.3 Å². The molecule has 0 bridgehead atoms. The summed E-state index contributed by atoms with van der Waals surface area (Å²) in [4.78, 5) is 44.6. The van der Waals surface area contributed by atoms with Crippen molar-refractivity contribution in [3.63, 3.8) is 0 Å². The third-order valence-corrected chi connectivity index (χ3v) is 7.60. The number of rotatable bonds is 8. The quantitative estimate of drug-likeness (QED) is 0.167. The van der Waals surface area contributed by atoms with Crippen molar-refractivity contribution in [2.75, 3.05) is 6.61 Å². The van der Waals surface area contributed by atoms with Crippen LogP contribution < -0.4 is 17.0 Å². The van der Waals surface area contributed by atoms with Crippen LogP contribution in [0.2, 0.25) is 0 Å². The number of ether oxygens (including phenoxy) is 2. The monoisotopic (exact) mass is 533 g/mol. The molecule has 0 aliphatic carbocycles. The molecule has 2 aliphatic heterocycles. The van der Waals surface area contributed by atoms with Crippen molar-refractivity contribution in [3.05, 3.63) is 33.1 Å². The molecule has 0 aromatic carbocycles. The fourth-order valence-electron chi connectivity index (χ4n) is 3.37. The molecule has 8 N–H and O–H groups in total. The summed E-state index contributed by atoms with van der Waals surface area (Å²) in [5.74, 6) is 0. The molecule has 0 spiro atoms. The van der Waals surface area contributed by atoms with E-state index < -0.39 is 82.6 Å². The highest BCUT2D eigenvalue weighted by Crippen LogP contribution is 2.61. The van der Waals surface area contributed by atoms with Crippen LogP contribution in [-0.4, -0.2) is 84.1 Å². The SMILES string of the molecule is CC1CC(N)C(O)[C@@H](OP(=O)(O)OP(=O)(O)OC[C@H]2O[C@@H](n3ccc(=O)[nH]c3=O)C(O)C2O)O1. The molecule has 7 unspecified atom stereocenters. The smallest absolute Gasteiger partial charge is 0.387 e. The first kappa shape index (κ1) is 27.3. The second kappa shape index (κ2) is 10.4. The summed E-state index contributed by atoms with van der Waals surface area (Å²) in [5, 5.41) is 30.2. The van der Waals surface area contributed by atoms with Crippen LogP contribution in [-0.2, 0) is 32.0 Å². The number of hydrogen-bond acceptors (Lipinski definition) is 13.